The fraction of sp³-hybridized carbons (Fsp3) is 0.286. The molecule has 2 aromatic rings. The monoisotopic (exact) mass is 372 g/mol. The van der Waals surface area contributed by atoms with Gasteiger partial charge < -0.3 is 4.74 Å². The van der Waals surface area contributed by atoms with Gasteiger partial charge in [-0.05, 0) is 23.6 Å². The minimum absolute atomic E-state index is 0.238. The Hall–Kier alpha value is -1.65. The van der Waals surface area contributed by atoms with Crippen LogP contribution in [0.5, 0.6) is 0 Å². The third-order valence-electron chi connectivity index (χ3n) is 3.41. The normalized spacial score (nSPS) is 10.3. The van der Waals surface area contributed by atoms with Crippen LogP contribution in [0.4, 0.5) is 0 Å². The quantitative estimate of drug-likeness (QED) is 0.415. The summed E-state index contributed by atoms with van der Waals surface area (Å²) in [6, 6.07) is 20.8. The zero-order valence-electron chi connectivity index (χ0n) is 14.5. The van der Waals surface area contributed by atoms with E-state index in [9.17, 15) is 4.79 Å². The Labute approximate surface area is 159 Å². The van der Waals surface area contributed by atoms with Gasteiger partial charge in [0.15, 0.2) is 0 Å². The summed E-state index contributed by atoms with van der Waals surface area (Å²) in [5, 5.41) is 0. The highest BCUT2D eigenvalue weighted by atomic mass is 32.2. The van der Waals surface area contributed by atoms with Crippen LogP contribution in [-0.4, -0.2) is 24.1 Å². The summed E-state index contributed by atoms with van der Waals surface area (Å²) in [5.74, 6) is 3.35. The van der Waals surface area contributed by atoms with Crippen molar-refractivity contribution in [2.45, 2.75) is 18.4 Å². The molecule has 0 heterocycles. The maximum Gasteiger partial charge on any atom is 0.330 e. The van der Waals surface area contributed by atoms with Crippen molar-refractivity contribution in [2.24, 2.45) is 0 Å². The number of rotatable bonds is 10. The predicted octanol–water partition coefficient (Wildman–Crippen LogP) is 5.34. The summed E-state index contributed by atoms with van der Waals surface area (Å²) >= 11 is 3.66. The van der Waals surface area contributed by atoms with E-state index in [-0.39, 0.29) is 5.97 Å². The number of esters is 1. The third kappa shape index (κ3) is 8.32. The molecule has 0 atom stereocenters. The largest absolute Gasteiger partial charge is 0.463 e. The van der Waals surface area contributed by atoms with Crippen LogP contribution in [0.3, 0.4) is 0 Å². The van der Waals surface area contributed by atoms with Gasteiger partial charge in [-0.1, -0.05) is 60.7 Å². The van der Waals surface area contributed by atoms with Crippen molar-refractivity contribution in [2.75, 3.05) is 18.1 Å². The van der Waals surface area contributed by atoms with E-state index in [1.54, 1.807) is 6.08 Å². The van der Waals surface area contributed by atoms with Crippen molar-refractivity contribution in [3.63, 3.8) is 0 Å². The molecule has 0 N–H and O–H groups in total. The number of benzene rings is 2. The highest BCUT2D eigenvalue weighted by molar-refractivity contribution is 7.99. The Morgan fingerprint density at radius 3 is 1.80 bits per heavy atom. The maximum absolute atomic E-state index is 11.8. The summed E-state index contributed by atoms with van der Waals surface area (Å²) in [7, 11) is 0. The molecule has 2 nitrogen and oxygen atoms in total. The molecule has 4 heteroatoms. The summed E-state index contributed by atoms with van der Waals surface area (Å²) in [6.07, 6.45) is 1.67. The van der Waals surface area contributed by atoms with Gasteiger partial charge in [-0.25, -0.2) is 4.79 Å². The van der Waals surface area contributed by atoms with E-state index >= 15 is 0 Å². The highest BCUT2D eigenvalue weighted by Gasteiger charge is 2.05. The van der Waals surface area contributed by atoms with Crippen molar-refractivity contribution in [1.82, 2.24) is 0 Å². The lowest BCUT2D eigenvalue weighted by molar-refractivity contribution is -0.137. The lowest BCUT2D eigenvalue weighted by Crippen LogP contribution is -2.04. The van der Waals surface area contributed by atoms with Gasteiger partial charge in [-0.15, -0.1) is 0 Å². The molecule has 0 amide bonds. The number of hydrogen-bond acceptors (Lipinski definition) is 4. The minimum Gasteiger partial charge on any atom is -0.463 e. The zero-order valence-corrected chi connectivity index (χ0v) is 16.2. The van der Waals surface area contributed by atoms with Crippen molar-refractivity contribution < 1.29 is 9.53 Å². The molecule has 2 aromatic carbocycles. The second kappa shape index (κ2) is 11.8. The molecule has 0 aliphatic carbocycles. The predicted molar refractivity (Wildman–Crippen MR) is 110 cm³/mol. The molecule has 0 bridgehead atoms. The summed E-state index contributed by atoms with van der Waals surface area (Å²) in [4.78, 5) is 11.8. The molecule has 132 valence electrons. The minimum atomic E-state index is -0.238. The first-order chi connectivity index (χ1) is 12.3. The Bertz CT molecular complexity index is 607. The van der Waals surface area contributed by atoms with E-state index in [1.807, 2.05) is 42.6 Å². The van der Waals surface area contributed by atoms with Crippen LogP contribution >= 0.6 is 23.5 Å². The van der Waals surface area contributed by atoms with Crippen molar-refractivity contribution >= 4 is 29.5 Å². The van der Waals surface area contributed by atoms with Crippen molar-refractivity contribution in [1.29, 1.82) is 0 Å². The van der Waals surface area contributed by atoms with Gasteiger partial charge in [0.2, 0.25) is 0 Å². The molecule has 0 spiro atoms. The number of carbonyl (C=O) groups is 1. The number of thioether (sulfide) groups is 2. The summed E-state index contributed by atoms with van der Waals surface area (Å²) < 4.78 is 5.07. The topological polar surface area (TPSA) is 26.3 Å². The number of hydrogen-bond donors (Lipinski definition) is 0. The first-order valence-corrected chi connectivity index (χ1v) is 10.7. The van der Waals surface area contributed by atoms with E-state index in [4.69, 9.17) is 4.74 Å². The molecular weight excluding hydrogens is 348 g/mol. The fourth-order valence-corrected chi connectivity index (χ4v) is 4.31. The maximum atomic E-state index is 11.8. The summed E-state index contributed by atoms with van der Waals surface area (Å²) in [5.41, 5.74) is 3.74. The van der Waals surface area contributed by atoms with E-state index in [0.29, 0.717) is 6.61 Å². The molecule has 0 aliphatic rings. The van der Waals surface area contributed by atoms with E-state index in [0.717, 1.165) is 28.6 Å². The van der Waals surface area contributed by atoms with Crippen molar-refractivity contribution in [3.8, 4) is 0 Å². The van der Waals surface area contributed by atoms with Gasteiger partial charge >= 0.3 is 5.97 Å². The molecule has 0 aromatic heterocycles. The molecule has 0 fully saturated rings. The van der Waals surface area contributed by atoms with Crippen LogP contribution in [0.1, 0.15) is 18.1 Å². The Balaban J connectivity index is 1.85. The second-order valence-electron chi connectivity index (χ2n) is 5.51. The van der Waals surface area contributed by atoms with Crippen LogP contribution in [-0.2, 0) is 21.0 Å². The van der Waals surface area contributed by atoms with Gasteiger partial charge in [0.1, 0.15) is 0 Å². The van der Waals surface area contributed by atoms with Gasteiger partial charge in [0.05, 0.1) is 6.61 Å². The lowest BCUT2D eigenvalue weighted by Gasteiger charge is -2.08. The molecule has 0 unspecified atom stereocenters. The molecule has 0 saturated heterocycles. The average Bonchev–Trinajstić information content (AvgIpc) is 2.63. The summed E-state index contributed by atoms with van der Waals surface area (Å²) in [6.45, 7) is 2.25. The zero-order chi connectivity index (χ0) is 17.7. The standard InChI is InChI=1S/C21H24O2S2/c1-2-23-21(22)13-20(16-24-14-18-9-5-3-6-10-18)17-25-15-19-11-7-4-8-12-19/h3-13H,2,14-17H2,1H3. The van der Waals surface area contributed by atoms with Crippen molar-refractivity contribution in [3.05, 3.63) is 83.4 Å². The third-order valence-corrected chi connectivity index (χ3v) is 5.63. The molecule has 2 rings (SSSR count). The van der Waals surface area contributed by atoms with Crippen LogP contribution in [0.2, 0.25) is 0 Å². The first kappa shape index (κ1) is 19.7. The van der Waals surface area contributed by atoms with E-state index in [1.165, 1.54) is 11.1 Å². The molecule has 0 radical (unpaired) electrons. The number of carbonyl (C=O) groups excluding carboxylic acids is 1. The molecule has 25 heavy (non-hydrogen) atoms. The Morgan fingerprint density at radius 1 is 0.880 bits per heavy atom. The average molecular weight is 373 g/mol. The Morgan fingerprint density at radius 2 is 1.36 bits per heavy atom. The highest BCUT2D eigenvalue weighted by Crippen LogP contribution is 2.20. The first-order valence-electron chi connectivity index (χ1n) is 8.37. The second-order valence-corrected chi connectivity index (χ2v) is 7.48. The van der Waals surface area contributed by atoms with Crippen LogP contribution < -0.4 is 0 Å². The van der Waals surface area contributed by atoms with Gasteiger partial charge in [0, 0.05) is 29.1 Å². The SMILES string of the molecule is CCOC(=O)C=C(CSCc1ccccc1)CSCc1ccccc1. The van der Waals surface area contributed by atoms with Gasteiger partial charge in [-0.2, -0.15) is 23.5 Å². The van der Waals surface area contributed by atoms with Gasteiger partial charge in [-0.3, -0.25) is 0 Å². The molecular formula is C21H24O2S2. The lowest BCUT2D eigenvalue weighted by atomic mass is 10.2. The van der Waals surface area contributed by atoms with Crippen LogP contribution in [0.25, 0.3) is 0 Å². The Kier molecular flexibility index (Phi) is 9.31. The fourth-order valence-electron chi connectivity index (χ4n) is 2.22. The van der Waals surface area contributed by atoms with Gasteiger partial charge in [0.25, 0.3) is 0 Å². The van der Waals surface area contributed by atoms with E-state index in [2.05, 4.69) is 48.5 Å². The smallest absolute Gasteiger partial charge is 0.330 e. The van der Waals surface area contributed by atoms with Crippen LogP contribution in [0, 0.1) is 0 Å². The van der Waals surface area contributed by atoms with Crippen LogP contribution in [0.15, 0.2) is 72.3 Å². The number of ether oxygens (including phenoxy) is 1. The molecule has 0 saturated carbocycles. The molecule has 0 aliphatic heterocycles. The van der Waals surface area contributed by atoms with E-state index < -0.39 is 0 Å².